The van der Waals surface area contributed by atoms with Crippen molar-refractivity contribution in [2.75, 3.05) is 13.1 Å². The van der Waals surface area contributed by atoms with E-state index in [9.17, 15) is 9.59 Å². The van der Waals surface area contributed by atoms with Crippen molar-refractivity contribution in [3.05, 3.63) is 29.3 Å². The van der Waals surface area contributed by atoms with E-state index in [0.29, 0.717) is 17.3 Å². The highest BCUT2D eigenvalue weighted by molar-refractivity contribution is 6.30. The van der Waals surface area contributed by atoms with Gasteiger partial charge < -0.3 is 19.5 Å². The molecule has 1 heterocycles. The Labute approximate surface area is 133 Å². The predicted molar refractivity (Wildman–Crippen MR) is 80.1 cm³/mol. The number of ether oxygens (including phenoxy) is 2. The summed E-state index contributed by atoms with van der Waals surface area (Å²) < 4.78 is 10.9. The standard InChI is InChI=1S/C15H18ClNO5/c1-9-7-17(8-13(21-9)15(19)20)14(18)10(2)22-12-5-3-4-11(16)6-12/h3-6,9-10,13H,7-8H2,1-2H3,(H,19,20)/t9-,10?,13?/m1/s1. The summed E-state index contributed by atoms with van der Waals surface area (Å²) in [6.45, 7) is 3.71. The van der Waals surface area contributed by atoms with Crippen LogP contribution in [0.2, 0.25) is 5.02 Å². The maximum atomic E-state index is 12.4. The number of halogens is 1. The molecule has 3 atom stereocenters. The van der Waals surface area contributed by atoms with E-state index in [2.05, 4.69) is 0 Å². The molecule has 1 aromatic rings. The zero-order valence-corrected chi connectivity index (χ0v) is 13.1. The van der Waals surface area contributed by atoms with Crippen LogP contribution in [0.1, 0.15) is 13.8 Å². The summed E-state index contributed by atoms with van der Waals surface area (Å²) in [5.41, 5.74) is 0. The van der Waals surface area contributed by atoms with Gasteiger partial charge in [-0.3, -0.25) is 4.79 Å². The number of carbonyl (C=O) groups excluding carboxylic acids is 1. The molecule has 0 spiro atoms. The summed E-state index contributed by atoms with van der Waals surface area (Å²) >= 11 is 5.87. The minimum Gasteiger partial charge on any atom is -0.481 e. The molecule has 1 fully saturated rings. The molecule has 1 aromatic carbocycles. The van der Waals surface area contributed by atoms with Gasteiger partial charge in [0.25, 0.3) is 5.91 Å². The Morgan fingerprint density at radius 2 is 2.18 bits per heavy atom. The smallest absolute Gasteiger partial charge is 0.334 e. The van der Waals surface area contributed by atoms with Crippen LogP contribution in [-0.2, 0) is 14.3 Å². The van der Waals surface area contributed by atoms with Crippen molar-refractivity contribution in [2.24, 2.45) is 0 Å². The molecule has 1 aliphatic rings. The van der Waals surface area contributed by atoms with Gasteiger partial charge in [-0.05, 0) is 32.0 Å². The lowest BCUT2D eigenvalue weighted by molar-refractivity contribution is -0.168. The van der Waals surface area contributed by atoms with Gasteiger partial charge in [0.05, 0.1) is 12.6 Å². The molecule has 120 valence electrons. The van der Waals surface area contributed by atoms with Gasteiger partial charge in [-0.15, -0.1) is 0 Å². The summed E-state index contributed by atoms with van der Waals surface area (Å²) in [5.74, 6) is -0.862. The first kappa shape index (κ1) is 16.6. The van der Waals surface area contributed by atoms with Gasteiger partial charge in [0.2, 0.25) is 0 Å². The molecule has 6 nitrogen and oxygen atoms in total. The number of carboxylic acids is 1. The molecule has 22 heavy (non-hydrogen) atoms. The van der Waals surface area contributed by atoms with Crippen molar-refractivity contribution in [3.8, 4) is 5.75 Å². The van der Waals surface area contributed by atoms with E-state index in [1.807, 2.05) is 0 Å². The lowest BCUT2D eigenvalue weighted by atomic mass is 10.2. The number of hydrogen-bond donors (Lipinski definition) is 1. The molecular weight excluding hydrogens is 310 g/mol. The number of carboxylic acid groups (broad SMARTS) is 1. The molecule has 0 saturated carbocycles. The average molecular weight is 328 g/mol. The topological polar surface area (TPSA) is 76.1 Å². The highest BCUT2D eigenvalue weighted by atomic mass is 35.5. The van der Waals surface area contributed by atoms with E-state index in [0.717, 1.165) is 0 Å². The zero-order chi connectivity index (χ0) is 16.3. The van der Waals surface area contributed by atoms with Crippen LogP contribution >= 0.6 is 11.6 Å². The first-order valence-electron chi connectivity index (χ1n) is 6.96. The van der Waals surface area contributed by atoms with E-state index in [1.165, 1.54) is 4.90 Å². The van der Waals surface area contributed by atoms with Crippen molar-refractivity contribution in [1.82, 2.24) is 4.90 Å². The summed E-state index contributed by atoms with van der Waals surface area (Å²) in [6.07, 6.45) is -2.08. The van der Waals surface area contributed by atoms with Gasteiger partial charge in [0.15, 0.2) is 12.2 Å². The fourth-order valence-corrected chi connectivity index (χ4v) is 2.50. The number of aliphatic carboxylic acids is 1. The van der Waals surface area contributed by atoms with Gasteiger partial charge in [-0.1, -0.05) is 17.7 Å². The van der Waals surface area contributed by atoms with E-state index >= 15 is 0 Å². The van der Waals surface area contributed by atoms with E-state index < -0.39 is 18.2 Å². The quantitative estimate of drug-likeness (QED) is 0.912. The minimum atomic E-state index is -1.08. The lowest BCUT2D eigenvalue weighted by Crippen LogP contribution is -2.54. The van der Waals surface area contributed by atoms with Crippen LogP contribution in [0.4, 0.5) is 0 Å². The van der Waals surface area contributed by atoms with Crippen molar-refractivity contribution < 1.29 is 24.2 Å². The molecule has 2 unspecified atom stereocenters. The maximum Gasteiger partial charge on any atom is 0.334 e. The molecule has 1 saturated heterocycles. The average Bonchev–Trinajstić information content (AvgIpc) is 2.45. The highest BCUT2D eigenvalue weighted by Gasteiger charge is 2.34. The maximum absolute atomic E-state index is 12.4. The van der Waals surface area contributed by atoms with Crippen LogP contribution in [0.15, 0.2) is 24.3 Å². The number of amides is 1. The number of benzene rings is 1. The molecule has 0 bridgehead atoms. The van der Waals surface area contributed by atoms with Crippen molar-refractivity contribution in [2.45, 2.75) is 32.2 Å². The molecule has 7 heteroatoms. The normalized spacial score (nSPS) is 23.0. The van der Waals surface area contributed by atoms with Crippen LogP contribution in [0.5, 0.6) is 5.75 Å². The number of morpholine rings is 1. The summed E-state index contributed by atoms with van der Waals surface area (Å²) in [4.78, 5) is 24.9. The fraction of sp³-hybridized carbons (Fsp3) is 0.467. The van der Waals surface area contributed by atoms with E-state index in [1.54, 1.807) is 38.1 Å². The Bertz CT molecular complexity index is 565. The first-order valence-corrected chi connectivity index (χ1v) is 7.34. The number of carbonyl (C=O) groups is 2. The number of hydrogen-bond acceptors (Lipinski definition) is 4. The molecular formula is C15H18ClNO5. The molecule has 2 rings (SSSR count). The largest absolute Gasteiger partial charge is 0.481 e. The third-order valence-corrected chi connectivity index (χ3v) is 3.54. The lowest BCUT2D eigenvalue weighted by Gasteiger charge is -2.36. The predicted octanol–water partition coefficient (Wildman–Crippen LogP) is 1.81. The summed E-state index contributed by atoms with van der Waals surface area (Å²) in [6, 6.07) is 6.76. The van der Waals surface area contributed by atoms with Gasteiger partial charge in [0.1, 0.15) is 5.75 Å². The molecule has 0 aromatic heterocycles. The van der Waals surface area contributed by atoms with Crippen LogP contribution < -0.4 is 4.74 Å². The number of rotatable bonds is 4. The van der Waals surface area contributed by atoms with Crippen molar-refractivity contribution in [3.63, 3.8) is 0 Å². The minimum absolute atomic E-state index is 0.0156. The Kier molecular flexibility index (Phi) is 5.26. The van der Waals surface area contributed by atoms with Gasteiger partial charge in [-0.25, -0.2) is 4.79 Å². The first-order chi connectivity index (χ1) is 10.4. The molecule has 0 aliphatic carbocycles. The van der Waals surface area contributed by atoms with Crippen LogP contribution in [0, 0.1) is 0 Å². The number of nitrogens with zero attached hydrogens (tertiary/aromatic N) is 1. The second-order valence-corrected chi connectivity index (χ2v) is 5.67. The van der Waals surface area contributed by atoms with Crippen LogP contribution in [0.25, 0.3) is 0 Å². The zero-order valence-electron chi connectivity index (χ0n) is 12.4. The summed E-state index contributed by atoms with van der Waals surface area (Å²) in [5, 5.41) is 9.57. The highest BCUT2D eigenvalue weighted by Crippen LogP contribution is 2.20. The van der Waals surface area contributed by atoms with Gasteiger partial charge in [-0.2, -0.15) is 0 Å². The van der Waals surface area contributed by atoms with E-state index in [-0.39, 0.29) is 18.6 Å². The van der Waals surface area contributed by atoms with Crippen molar-refractivity contribution >= 4 is 23.5 Å². The molecule has 1 N–H and O–H groups in total. The third kappa shape index (κ3) is 4.11. The van der Waals surface area contributed by atoms with Crippen LogP contribution in [0.3, 0.4) is 0 Å². The van der Waals surface area contributed by atoms with E-state index in [4.69, 9.17) is 26.2 Å². The Morgan fingerprint density at radius 3 is 2.82 bits per heavy atom. The second kappa shape index (κ2) is 6.98. The molecule has 1 aliphatic heterocycles. The van der Waals surface area contributed by atoms with Crippen molar-refractivity contribution in [1.29, 1.82) is 0 Å². The van der Waals surface area contributed by atoms with Gasteiger partial charge >= 0.3 is 5.97 Å². The Morgan fingerprint density at radius 1 is 1.45 bits per heavy atom. The monoisotopic (exact) mass is 327 g/mol. The SMILES string of the molecule is CC(Oc1cccc(Cl)c1)C(=O)N1CC(C(=O)O)O[C@H](C)C1. The summed E-state index contributed by atoms with van der Waals surface area (Å²) in [7, 11) is 0. The fourth-order valence-electron chi connectivity index (χ4n) is 2.32. The van der Waals surface area contributed by atoms with Crippen LogP contribution in [-0.4, -0.2) is 53.3 Å². The molecule has 0 radical (unpaired) electrons. The Balaban J connectivity index is 2.01. The second-order valence-electron chi connectivity index (χ2n) is 5.23. The Hall–Kier alpha value is -1.79. The third-order valence-electron chi connectivity index (χ3n) is 3.30. The molecule has 1 amide bonds. The van der Waals surface area contributed by atoms with Gasteiger partial charge in [0, 0.05) is 11.6 Å².